The van der Waals surface area contributed by atoms with Crippen LogP contribution in [0.3, 0.4) is 0 Å². The number of fused-ring (bicyclic) bond motifs is 1. The van der Waals surface area contributed by atoms with Crippen molar-refractivity contribution >= 4 is 11.8 Å². The number of hydrogen-bond acceptors (Lipinski definition) is 5. The van der Waals surface area contributed by atoms with Crippen LogP contribution in [-0.2, 0) is 6.42 Å². The molecule has 0 saturated carbocycles. The highest BCUT2D eigenvalue weighted by atomic mass is 16.5. The molecule has 1 aromatic heterocycles. The first-order valence-electron chi connectivity index (χ1n) is 12.6. The molecule has 1 aromatic carbocycles. The minimum Gasteiger partial charge on any atom is -0.491 e. The molecule has 7 nitrogen and oxygen atoms in total. The Morgan fingerprint density at radius 2 is 1.85 bits per heavy atom. The highest BCUT2D eigenvalue weighted by Crippen LogP contribution is 2.24. The molecule has 1 aliphatic rings. The van der Waals surface area contributed by atoms with Crippen LogP contribution in [0.25, 0.3) is 0 Å². The molecular formula is C27H39N3O4. The lowest BCUT2D eigenvalue weighted by Crippen LogP contribution is -2.45. The zero-order valence-electron chi connectivity index (χ0n) is 21.3. The van der Waals surface area contributed by atoms with Crippen molar-refractivity contribution in [2.75, 3.05) is 26.2 Å². The van der Waals surface area contributed by atoms with E-state index in [0.717, 1.165) is 31.4 Å². The summed E-state index contributed by atoms with van der Waals surface area (Å²) in [5.41, 5.74) is 1.37. The fourth-order valence-electron chi connectivity index (χ4n) is 4.46. The summed E-state index contributed by atoms with van der Waals surface area (Å²) < 4.78 is 11.7. The Morgan fingerprint density at radius 3 is 2.56 bits per heavy atom. The Hall–Kier alpha value is -2.83. The van der Waals surface area contributed by atoms with E-state index < -0.39 is 0 Å². The number of amides is 2. The third-order valence-electron chi connectivity index (χ3n) is 6.13. The number of para-hydroxylation sites is 1. The Kier molecular flexibility index (Phi) is 9.13. The van der Waals surface area contributed by atoms with E-state index in [2.05, 4.69) is 32.9 Å². The molecule has 186 valence electrons. The Morgan fingerprint density at radius 1 is 1.12 bits per heavy atom. The van der Waals surface area contributed by atoms with Gasteiger partial charge in [0.05, 0.1) is 17.3 Å². The van der Waals surface area contributed by atoms with Crippen molar-refractivity contribution in [3.63, 3.8) is 0 Å². The molecule has 2 heterocycles. The molecule has 0 saturated heterocycles. The van der Waals surface area contributed by atoms with E-state index in [0.29, 0.717) is 49.4 Å². The zero-order valence-corrected chi connectivity index (χ0v) is 21.3. The maximum Gasteiger partial charge on any atom is 0.292 e. The number of ether oxygens (including phenoxy) is 1. The van der Waals surface area contributed by atoms with E-state index in [1.807, 2.05) is 41.0 Å². The maximum absolute atomic E-state index is 13.6. The lowest BCUT2D eigenvalue weighted by molar-refractivity contribution is 0.0518. The lowest BCUT2D eigenvalue weighted by Gasteiger charge is -2.33. The summed E-state index contributed by atoms with van der Waals surface area (Å²) in [6.45, 7) is 12.7. The van der Waals surface area contributed by atoms with Crippen LogP contribution in [0.15, 0.2) is 34.9 Å². The van der Waals surface area contributed by atoms with Crippen molar-refractivity contribution in [3.05, 3.63) is 47.3 Å². The van der Waals surface area contributed by atoms with Gasteiger partial charge >= 0.3 is 0 Å². The Balaban J connectivity index is 1.91. The largest absolute Gasteiger partial charge is 0.491 e. The van der Waals surface area contributed by atoms with E-state index >= 15 is 0 Å². The molecule has 2 aromatic rings. The molecule has 3 rings (SSSR count). The van der Waals surface area contributed by atoms with Gasteiger partial charge in [0.25, 0.3) is 11.8 Å². The molecule has 34 heavy (non-hydrogen) atoms. The van der Waals surface area contributed by atoms with Crippen LogP contribution in [0.1, 0.15) is 80.5 Å². The first-order chi connectivity index (χ1) is 16.3. The number of carbonyl (C=O) groups excluding carboxylic acids is 2. The second-order valence-electron chi connectivity index (χ2n) is 9.96. The molecule has 0 bridgehead atoms. The van der Waals surface area contributed by atoms with Gasteiger partial charge in [-0.25, -0.2) is 0 Å². The maximum atomic E-state index is 13.6. The van der Waals surface area contributed by atoms with Gasteiger partial charge in [0, 0.05) is 25.7 Å². The first-order valence-corrected chi connectivity index (χ1v) is 12.6. The summed E-state index contributed by atoms with van der Waals surface area (Å²) in [5.74, 6) is 1.49. The third kappa shape index (κ3) is 6.61. The lowest BCUT2D eigenvalue weighted by atomic mass is 10.0. The number of nitrogens with zero attached hydrogens (tertiary/aromatic N) is 3. The van der Waals surface area contributed by atoms with E-state index in [4.69, 9.17) is 9.26 Å². The molecule has 0 radical (unpaired) electrons. The molecular weight excluding hydrogens is 430 g/mol. The van der Waals surface area contributed by atoms with Crippen LogP contribution in [0.2, 0.25) is 0 Å². The standard InChI is InChI=1S/C27H39N3O4/c1-6-29-13-9-10-14-30(27(32)25-17-21(28-34-25)15-19(2)3)22(16-20(4)5)18-33-24-12-8-7-11-23(24)26(29)31/h7-8,11-12,17,19-20,22H,6,9-10,13-16,18H2,1-5H3/t22-/m0/s1. The third-order valence-corrected chi connectivity index (χ3v) is 6.13. The molecule has 0 fully saturated rings. The van der Waals surface area contributed by atoms with Crippen molar-refractivity contribution in [1.29, 1.82) is 0 Å². The molecule has 7 heteroatoms. The van der Waals surface area contributed by atoms with Gasteiger partial charge in [0.2, 0.25) is 5.76 Å². The highest BCUT2D eigenvalue weighted by molar-refractivity contribution is 5.97. The van der Waals surface area contributed by atoms with Crippen molar-refractivity contribution in [2.45, 2.75) is 66.3 Å². The number of rotatable bonds is 6. The Bertz CT molecular complexity index is 953. The molecule has 0 spiro atoms. The average Bonchev–Trinajstić information content (AvgIpc) is 3.25. The fourth-order valence-corrected chi connectivity index (χ4v) is 4.46. The number of aromatic nitrogens is 1. The SMILES string of the molecule is CCN1CCCCN(C(=O)c2cc(CC(C)C)no2)[C@@H](CC(C)C)COc2ccccc2C1=O. The smallest absolute Gasteiger partial charge is 0.292 e. The Labute approximate surface area is 203 Å². The van der Waals surface area contributed by atoms with Crippen molar-refractivity contribution in [3.8, 4) is 5.75 Å². The van der Waals surface area contributed by atoms with E-state index in [1.165, 1.54) is 0 Å². The molecule has 2 amide bonds. The first kappa shape index (κ1) is 25.8. The van der Waals surface area contributed by atoms with Gasteiger partial charge in [0.15, 0.2) is 0 Å². The number of benzene rings is 1. The van der Waals surface area contributed by atoms with Crippen LogP contribution in [-0.4, -0.2) is 59.1 Å². The average molecular weight is 470 g/mol. The molecule has 0 N–H and O–H groups in total. The van der Waals surface area contributed by atoms with E-state index in [-0.39, 0.29) is 23.6 Å². The minimum atomic E-state index is -0.148. The van der Waals surface area contributed by atoms with Gasteiger partial charge in [-0.3, -0.25) is 9.59 Å². The second kappa shape index (κ2) is 12.0. The fraction of sp³-hybridized carbons (Fsp3) is 0.593. The van der Waals surface area contributed by atoms with E-state index in [1.54, 1.807) is 6.07 Å². The van der Waals surface area contributed by atoms with Crippen LogP contribution in [0, 0.1) is 11.8 Å². The van der Waals surface area contributed by atoms with Gasteiger partial charge in [-0.05, 0) is 56.6 Å². The summed E-state index contributed by atoms with van der Waals surface area (Å²) >= 11 is 0. The van der Waals surface area contributed by atoms with Crippen LogP contribution in [0.5, 0.6) is 5.75 Å². The van der Waals surface area contributed by atoms with Gasteiger partial charge in [-0.1, -0.05) is 45.0 Å². The van der Waals surface area contributed by atoms with Gasteiger partial charge in [-0.2, -0.15) is 0 Å². The van der Waals surface area contributed by atoms with Crippen LogP contribution in [0.4, 0.5) is 0 Å². The van der Waals surface area contributed by atoms with Crippen molar-refractivity contribution in [1.82, 2.24) is 15.0 Å². The number of carbonyl (C=O) groups is 2. The monoisotopic (exact) mass is 469 g/mol. The summed E-state index contributed by atoms with van der Waals surface area (Å²) in [4.78, 5) is 30.5. The highest BCUT2D eigenvalue weighted by Gasteiger charge is 2.30. The van der Waals surface area contributed by atoms with Crippen LogP contribution >= 0.6 is 0 Å². The van der Waals surface area contributed by atoms with Crippen molar-refractivity contribution < 1.29 is 18.8 Å². The van der Waals surface area contributed by atoms with E-state index in [9.17, 15) is 9.59 Å². The topological polar surface area (TPSA) is 75.9 Å². The second-order valence-corrected chi connectivity index (χ2v) is 9.96. The normalized spacial score (nSPS) is 17.9. The number of hydrogen-bond donors (Lipinski definition) is 0. The zero-order chi connectivity index (χ0) is 24.7. The predicted molar refractivity (Wildman–Crippen MR) is 132 cm³/mol. The summed E-state index contributed by atoms with van der Waals surface area (Å²) in [6, 6.07) is 9.02. The summed E-state index contributed by atoms with van der Waals surface area (Å²) in [7, 11) is 0. The summed E-state index contributed by atoms with van der Waals surface area (Å²) in [5, 5.41) is 4.12. The predicted octanol–water partition coefficient (Wildman–Crippen LogP) is 5.06. The van der Waals surface area contributed by atoms with Gasteiger partial charge in [0.1, 0.15) is 12.4 Å². The molecule has 1 atom stereocenters. The van der Waals surface area contributed by atoms with Gasteiger partial charge < -0.3 is 19.1 Å². The summed E-state index contributed by atoms with van der Waals surface area (Å²) in [6.07, 6.45) is 3.16. The molecule has 0 aliphatic carbocycles. The van der Waals surface area contributed by atoms with Gasteiger partial charge in [-0.15, -0.1) is 0 Å². The van der Waals surface area contributed by atoms with Crippen molar-refractivity contribution in [2.24, 2.45) is 11.8 Å². The minimum absolute atomic E-state index is 0.00800. The van der Waals surface area contributed by atoms with Crippen LogP contribution < -0.4 is 4.74 Å². The molecule has 0 unspecified atom stereocenters. The molecule has 1 aliphatic heterocycles. The quantitative estimate of drug-likeness (QED) is 0.591.